The maximum absolute atomic E-state index is 11.9. The van der Waals surface area contributed by atoms with E-state index in [0.29, 0.717) is 17.4 Å². The quantitative estimate of drug-likeness (QED) is 0.475. The molecule has 0 aromatic heterocycles. The molecule has 0 aliphatic heterocycles. The van der Waals surface area contributed by atoms with Crippen molar-refractivity contribution in [3.05, 3.63) is 34.9 Å². The number of benzene rings is 1. The third-order valence-corrected chi connectivity index (χ3v) is 3.84. The van der Waals surface area contributed by atoms with Crippen LogP contribution in [0.15, 0.2) is 18.2 Å². The average molecular weight is 260 g/mol. The van der Waals surface area contributed by atoms with E-state index < -0.39 is 11.8 Å². The highest BCUT2D eigenvalue weighted by Gasteiger charge is 2.26. The van der Waals surface area contributed by atoms with Crippen LogP contribution in [0.3, 0.4) is 0 Å². The second kappa shape index (κ2) is 5.55. The van der Waals surface area contributed by atoms with Crippen molar-refractivity contribution < 1.29 is 14.3 Å². The molecule has 1 aromatic rings. The average Bonchev–Trinajstić information content (AvgIpc) is 2.81. The Morgan fingerprint density at radius 2 is 1.95 bits per heavy atom. The van der Waals surface area contributed by atoms with E-state index in [2.05, 4.69) is 13.8 Å². The fraction of sp³-hybridized carbons (Fsp3) is 0.500. The van der Waals surface area contributed by atoms with Crippen molar-refractivity contribution in [2.45, 2.75) is 33.6 Å². The van der Waals surface area contributed by atoms with Gasteiger partial charge in [0, 0.05) is 5.56 Å². The summed E-state index contributed by atoms with van der Waals surface area (Å²) in [6.07, 6.45) is 2.07. The lowest BCUT2D eigenvalue weighted by atomic mass is 9.93. The molecule has 0 spiro atoms. The Morgan fingerprint density at radius 3 is 2.58 bits per heavy atom. The molecule has 1 atom stereocenters. The number of rotatable bonds is 4. The van der Waals surface area contributed by atoms with Crippen LogP contribution < -0.4 is 0 Å². The molecule has 0 N–H and O–H groups in total. The zero-order valence-corrected chi connectivity index (χ0v) is 11.7. The summed E-state index contributed by atoms with van der Waals surface area (Å²) in [4.78, 5) is 23.3. The minimum atomic E-state index is -0.763. The Hall–Kier alpha value is -1.64. The Balaban J connectivity index is 2.18. The Morgan fingerprint density at radius 1 is 1.26 bits per heavy atom. The van der Waals surface area contributed by atoms with E-state index in [4.69, 9.17) is 4.74 Å². The van der Waals surface area contributed by atoms with E-state index >= 15 is 0 Å². The molecular formula is C16H20O3. The molecule has 1 aliphatic rings. The summed E-state index contributed by atoms with van der Waals surface area (Å²) in [5.41, 5.74) is 2.95. The molecular weight excluding hydrogens is 240 g/mol. The van der Waals surface area contributed by atoms with Crippen molar-refractivity contribution in [2.24, 2.45) is 11.8 Å². The van der Waals surface area contributed by atoms with Crippen LogP contribution in [0.1, 0.15) is 42.3 Å². The van der Waals surface area contributed by atoms with Crippen LogP contribution >= 0.6 is 0 Å². The van der Waals surface area contributed by atoms with Gasteiger partial charge < -0.3 is 4.74 Å². The molecule has 3 nitrogen and oxygen atoms in total. The van der Waals surface area contributed by atoms with Crippen molar-refractivity contribution in [1.29, 1.82) is 0 Å². The SMILES string of the molecule is CCOC(=O)C(=O)c1ccc2c(c1)C[C@H](C(C)C)C2. The number of Topliss-reactive ketones (excluding diaryl/α,β-unsaturated/α-hetero) is 1. The monoisotopic (exact) mass is 260 g/mol. The highest BCUT2D eigenvalue weighted by atomic mass is 16.5. The second-order valence-corrected chi connectivity index (χ2v) is 5.45. The molecule has 2 rings (SSSR count). The summed E-state index contributed by atoms with van der Waals surface area (Å²) < 4.78 is 4.75. The van der Waals surface area contributed by atoms with Gasteiger partial charge in [0.1, 0.15) is 0 Å². The van der Waals surface area contributed by atoms with Gasteiger partial charge >= 0.3 is 5.97 Å². The largest absolute Gasteiger partial charge is 0.460 e. The maximum Gasteiger partial charge on any atom is 0.379 e. The van der Waals surface area contributed by atoms with Crippen molar-refractivity contribution in [1.82, 2.24) is 0 Å². The number of esters is 1. The first-order valence-electron chi connectivity index (χ1n) is 6.86. The van der Waals surface area contributed by atoms with Gasteiger partial charge in [0.05, 0.1) is 6.61 Å². The van der Waals surface area contributed by atoms with E-state index in [0.717, 1.165) is 12.8 Å². The van der Waals surface area contributed by atoms with Gasteiger partial charge in [0.15, 0.2) is 0 Å². The maximum atomic E-state index is 11.9. The lowest BCUT2D eigenvalue weighted by molar-refractivity contribution is -0.137. The summed E-state index contributed by atoms with van der Waals surface area (Å²) in [5.74, 6) is -0.0296. The highest BCUT2D eigenvalue weighted by molar-refractivity contribution is 6.40. The van der Waals surface area contributed by atoms with Gasteiger partial charge in [-0.25, -0.2) is 4.79 Å². The van der Waals surface area contributed by atoms with Crippen LogP contribution in [0.5, 0.6) is 0 Å². The minimum Gasteiger partial charge on any atom is -0.460 e. The minimum absolute atomic E-state index is 0.227. The Bertz CT molecular complexity index is 503. The summed E-state index contributed by atoms with van der Waals surface area (Å²) >= 11 is 0. The molecule has 0 saturated carbocycles. The molecule has 0 amide bonds. The second-order valence-electron chi connectivity index (χ2n) is 5.45. The number of fused-ring (bicyclic) bond motifs is 1. The molecule has 0 heterocycles. The lowest BCUT2D eigenvalue weighted by Gasteiger charge is -2.12. The third-order valence-electron chi connectivity index (χ3n) is 3.84. The molecule has 0 unspecified atom stereocenters. The fourth-order valence-corrected chi connectivity index (χ4v) is 2.58. The highest BCUT2D eigenvalue weighted by Crippen LogP contribution is 2.32. The molecule has 102 valence electrons. The van der Waals surface area contributed by atoms with Crippen molar-refractivity contribution in [3.63, 3.8) is 0 Å². The Labute approximate surface area is 114 Å². The van der Waals surface area contributed by atoms with E-state index in [1.807, 2.05) is 12.1 Å². The molecule has 0 saturated heterocycles. The summed E-state index contributed by atoms with van der Waals surface area (Å²) in [5, 5.41) is 0. The van der Waals surface area contributed by atoms with E-state index in [1.165, 1.54) is 11.1 Å². The first-order valence-corrected chi connectivity index (χ1v) is 6.86. The standard InChI is InChI=1S/C16H20O3/c1-4-19-16(18)15(17)12-6-5-11-7-13(10(2)3)9-14(11)8-12/h5-6,8,10,13H,4,7,9H2,1-3H3/t13-/m1/s1. The first kappa shape index (κ1) is 13.8. The predicted molar refractivity (Wildman–Crippen MR) is 73.1 cm³/mol. The van der Waals surface area contributed by atoms with Gasteiger partial charge in [0.25, 0.3) is 5.78 Å². The van der Waals surface area contributed by atoms with Gasteiger partial charge in [-0.1, -0.05) is 26.0 Å². The van der Waals surface area contributed by atoms with Gasteiger partial charge in [-0.2, -0.15) is 0 Å². The van der Waals surface area contributed by atoms with Gasteiger partial charge in [-0.15, -0.1) is 0 Å². The van der Waals surface area contributed by atoms with E-state index in [-0.39, 0.29) is 6.61 Å². The smallest absolute Gasteiger partial charge is 0.379 e. The van der Waals surface area contributed by atoms with Crippen LogP contribution in [0.4, 0.5) is 0 Å². The molecule has 1 aliphatic carbocycles. The number of ether oxygens (including phenoxy) is 1. The fourth-order valence-electron chi connectivity index (χ4n) is 2.58. The number of hydrogen-bond donors (Lipinski definition) is 0. The summed E-state index contributed by atoms with van der Waals surface area (Å²) in [7, 11) is 0. The zero-order chi connectivity index (χ0) is 14.0. The topological polar surface area (TPSA) is 43.4 Å². The molecule has 0 bridgehead atoms. The first-order chi connectivity index (χ1) is 9.02. The number of carbonyl (C=O) groups is 2. The van der Waals surface area contributed by atoms with Crippen LogP contribution in [-0.4, -0.2) is 18.4 Å². The molecule has 3 heteroatoms. The van der Waals surface area contributed by atoms with Crippen LogP contribution in [0.25, 0.3) is 0 Å². The number of hydrogen-bond acceptors (Lipinski definition) is 3. The molecule has 0 fully saturated rings. The van der Waals surface area contributed by atoms with Gasteiger partial charge in [-0.3, -0.25) is 4.79 Å². The van der Waals surface area contributed by atoms with Crippen molar-refractivity contribution in [2.75, 3.05) is 6.61 Å². The van der Waals surface area contributed by atoms with E-state index in [9.17, 15) is 9.59 Å². The van der Waals surface area contributed by atoms with Crippen molar-refractivity contribution >= 4 is 11.8 Å². The molecule has 0 radical (unpaired) electrons. The van der Waals surface area contributed by atoms with Gasteiger partial charge in [0.2, 0.25) is 0 Å². The molecule has 1 aromatic carbocycles. The van der Waals surface area contributed by atoms with E-state index in [1.54, 1.807) is 13.0 Å². The Kier molecular flexibility index (Phi) is 4.03. The normalized spacial score (nSPS) is 17.4. The van der Waals surface area contributed by atoms with Crippen molar-refractivity contribution in [3.8, 4) is 0 Å². The summed E-state index contributed by atoms with van der Waals surface area (Å²) in [6, 6.07) is 5.57. The molecule has 19 heavy (non-hydrogen) atoms. The number of carbonyl (C=O) groups excluding carboxylic acids is 2. The zero-order valence-electron chi connectivity index (χ0n) is 11.7. The lowest BCUT2D eigenvalue weighted by Crippen LogP contribution is -2.17. The van der Waals surface area contributed by atoms with Crippen LogP contribution in [-0.2, 0) is 22.4 Å². The van der Waals surface area contributed by atoms with Crippen LogP contribution in [0, 0.1) is 11.8 Å². The predicted octanol–water partition coefficient (Wildman–Crippen LogP) is 2.80. The van der Waals surface area contributed by atoms with Gasteiger partial charge in [-0.05, 0) is 48.8 Å². The number of ketones is 1. The third kappa shape index (κ3) is 2.86. The summed E-state index contributed by atoms with van der Waals surface area (Å²) in [6.45, 7) is 6.37. The van der Waals surface area contributed by atoms with Crippen LogP contribution in [0.2, 0.25) is 0 Å².